The number of nitrogens with zero attached hydrogens (tertiary/aromatic N) is 4. The Hall–Kier alpha value is -1.20. The molecule has 1 aromatic heterocycles. The quantitative estimate of drug-likeness (QED) is 0.829. The van der Waals surface area contributed by atoms with Crippen LogP contribution in [0, 0.1) is 0 Å². The molecule has 118 valence electrons. The molecule has 1 N–H and O–H groups in total. The smallest absolute Gasteiger partial charge is 0.225 e. The monoisotopic (exact) mass is 291 g/mol. The minimum Gasteiger partial charge on any atom is -0.338 e. The van der Waals surface area contributed by atoms with Crippen molar-refractivity contribution < 1.29 is 0 Å². The third kappa shape index (κ3) is 4.93. The van der Waals surface area contributed by atoms with Crippen LogP contribution in [0.25, 0.3) is 0 Å². The first-order chi connectivity index (χ1) is 10.2. The van der Waals surface area contributed by atoms with Gasteiger partial charge in [-0.25, -0.2) is 9.97 Å². The van der Waals surface area contributed by atoms with E-state index >= 15 is 0 Å². The third-order valence-corrected chi connectivity index (χ3v) is 4.05. The summed E-state index contributed by atoms with van der Waals surface area (Å²) in [4.78, 5) is 13.6. The molecule has 1 fully saturated rings. The summed E-state index contributed by atoms with van der Waals surface area (Å²) in [5, 5.41) is 3.59. The molecule has 0 aliphatic carbocycles. The summed E-state index contributed by atoms with van der Waals surface area (Å²) in [6.45, 7) is 12.0. The lowest BCUT2D eigenvalue weighted by atomic mass is 10.1. The number of hydrogen-bond acceptors (Lipinski definition) is 5. The van der Waals surface area contributed by atoms with E-state index in [2.05, 4.69) is 45.9 Å². The van der Waals surface area contributed by atoms with Crippen LogP contribution in [0.1, 0.15) is 33.6 Å². The number of hydrogen-bond donors (Lipinski definition) is 1. The molecule has 1 aliphatic rings. The van der Waals surface area contributed by atoms with E-state index in [0.717, 1.165) is 38.7 Å². The standard InChI is InChI=1S/C16H29N5/c1-4-6-15(13-19-14(2)3)20-9-11-21(12-10-20)16-17-7-5-8-18-16/h5,7-8,14-15,19H,4,6,9-13H2,1-3H3. The van der Waals surface area contributed by atoms with Gasteiger partial charge in [-0.05, 0) is 12.5 Å². The molecule has 1 atom stereocenters. The fourth-order valence-corrected chi connectivity index (χ4v) is 2.86. The summed E-state index contributed by atoms with van der Waals surface area (Å²) in [5.41, 5.74) is 0. The molecule has 0 bridgehead atoms. The van der Waals surface area contributed by atoms with Crippen molar-refractivity contribution in [2.75, 3.05) is 37.6 Å². The SMILES string of the molecule is CCCC(CNC(C)C)N1CCN(c2ncccn2)CC1. The zero-order valence-electron chi connectivity index (χ0n) is 13.6. The third-order valence-electron chi connectivity index (χ3n) is 4.05. The Morgan fingerprint density at radius 3 is 2.38 bits per heavy atom. The van der Waals surface area contributed by atoms with Gasteiger partial charge < -0.3 is 10.2 Å². The van der Waals surface area contributed by atoms with Crippen LogP contribution in [0.4, 0.5) is 5.95 Å². The van der Waals surface area contributed by atoms with Gasteiger partial charge in [-0.3, -0.25) is 4.90 Å². The van der Waals surface area contributed by atoms with Crippen molar-refractivity contribution in [1.29, 1.82) is 0 Å². The van der Waals surface area contributed by atoms with E-state index in [9.17, 15) is 0 Å². The predicted octanol–water partition coefficient (Wildman–Crippen LogP) is 1.77. The molecule has 1 unspecified atom stereocenters. The molecule has 0 aromatic carbocycles. The van der Waals surface area contributed by atoms with Gasteiger partial charge in [0.1, 0.15) is 0 Å². The second kappa shape index (κ2) is 8.29. The fraction of sp³-hybridized carbons (Fsp3) is 0.750. The van der Waals surface area contributed by atoms with E-state index in [4.69, 9.17) is 0 Å². The molecule has 0 saturated carbocycles. The molecule has 1 saturated heterocycles. The molecular formula is C16H29N5. The first kappa shape index (κ1) is 16.2. The maximum atomic E-state index is 4.35. The topological polar surface area (TPSA) is 44.3 Å². The summed E-state index contributed by atoms with van der Waals surface area (Å²) < 4.78 is 0. The fourth-order valence-electron chi connectivity index (χ4n) is 2.86. The Morgan fingerprint density at radius 2 is 1.81 bits per heavy atom. The van der Waals surface area contributed by atoms with Crippen molar-refractivity contribution in [3.8, 4) is 0 Å². The zero-order valence-corrected chi connectivity index (χ0v) is 13.6. The van der Waals surface area contributed by atoms with Crippen molar-refractivity contribution in [1.82, 2.24) is 20.2 Å². The average molecular weight is 291 g/mol. The van der Waals surface area contributed by atoms with E-state index in [1.807, 2.05) is 18.5 Å². The minimum atomic E-state index is 0.559. The van der Waals surface area contributed by atoms with Crippen LogP contribution in [0.15, 0.2) is 18.5 Å². The molecule has 5 nitrogen and oxygen atoms in total. The lowest BCUT2D eigenvalue weighted by molar-refractivity contribution is 0.168. The van der Waals surface area contributed by atoms with Crippen LogP contribution < -0.4 is 10.2 Å². The van der Waals surface area contributed by atoms with Crippen molar-refractivity contribution in [3.05, 3.63) is 18.5 Å². The number of aromatic nitrogens is 2. The Kier molecular flexibility index (Phi) is 6.39. The summed E-state index contributed by atoms with van der Waals surface area (Å²) in [5.74, 6) is 0.865. The van der Waals surface area contributed by atoms with Gasteiger partial charge in [-0.15, -0.1) is 0 Å². The summed E-state index contributed by atoms with van der Waals surface area (Å²) in [6.07, 6.45) is 6.15. The van der Waals surface area contributed by atoms with Gasteiger partial charge in [-0.1, -0.05) is 27.2 Å². The van der Waals surface area contributed by atoms with Crippen LogP contribution >= 0.6 is 0 Å². The molecule has 0 amide bonds. The molecule has 1 aliphatic heterocycles. The largest absolute Gasteiger partial charge is 0.338 e. The maximum absolute atomic E-state index is 4.35. The van der Waals surface area contributed by atoms with Crippen molar-refractivity contribution in [2.45, 2.75) is 45.7 Å². The lowest BCUT2D eigenvalue weighted by Gasteiger charge is -2.39. The second-order valence-electron chi connectivity index (χ2n) is 6.08. The first-order valence-electron chi connectivity index (χ1n) is 8.20. The van der Waals surface area contributed by atoms with Crippen LogP contribution in [0.5, 0.6) is 0 Å². The number of piperazine rings is 1. The van der Waals surface area contributed by atoms with E-state index in [1.54, 1.807) is 0 Å². The Bertz CT molecular complexity index is 387. The molecule has 2 rings (SSSR count). The van der Waals surface area contributed by atoms with Crippen molar-refractivity contribution in [3.63, 3.8) is 0 Å². The molecule has 2 heterocycles. The second-order valence-corrected chi connectivity index (χ2v) is 6.08. The normalized spacial score (nSPS) is 18.2. The van der Waals surface area contributed by atoms with Crippen LogP contribution in [-0.2, 0) is 0 Å². The minimum absolute atomic E-state index is 0.559. The lowest BCUT2D eigenvalue weighted by Crippen LogP contribution is -2.53. The highest BCUT2D eigenvalue weighted by molar-refractivity contribution is 5.29. The Morgan fingerprint density at radius 1 is 1.14 bits per heavy atom. The van der Waals surface area contributed by atoms with Crippen molar-refractivity contribution >= 4 is 5.95 Å². The van der Waals surface area contributed by atoms with Gasteiger partial charge in [0.05, 0.1) is 0 Å². The molecular weight excluding hydrogens is 262 g/mol. The number of anilines is 1. The highest BCUT2D eigenvalue weighted by atomic mass is 15.3. The van der Waals surface area contributed by atoms with Gasteiger partial charge in [0, 0.05) is 57.2 Å². The average Bonchev–Trinajstić information content (AvgIpc) is 2.52. The summed E-state index contributed by atoms with van der Waals surface area (Å²) >= 11 is 0. The molecule has 0 spiro atoms. The maximum Gasteiger partial charge on any atom is 0.225 e. The van der Waals surface area contributed by atoms with Crippen molar-refractivity contribution in [2.24, 2.45) is 0 Å². The van der Waals surface area contributed by atoms with Crippen LogP contribution in [-0.4, -0.2) is 59.7 Å². The predicted molar refractivity (Wildman–Crippen MR) is 87.7 cm³/mol. The van der Waals surface area contributed by atoms with E-state index in [1.165, 1.54) is 12.8 Å². The van der Waals surface area contributed by atoms with Gasteiger partial charge in [0.2, 0.25) is 5.95 Å². The van der Waals surface area contributed by atoms with Gasteiger partial charge in [-0.2, -0.15) is 0 Å². The van der Waals surface area contributed by atoms with E-state index in [0.29, 0.717) is 12.1 Å². The van der Waals surface area contributed by atoms with Crippen LogP contribution in [0.2, 0.25) is 0 Å². The van der Waals surface area contributed by atoms with E-state index in [-0.39, 0.29) is 0 Å². The van der Waals surface area contributed by atoms with E-state index < -0.39 is 0 Å². The molecule has 5 heteroatoms. The molecule has 21 heavy (non-hydrogen) atoms. The molecule has 0 radical (unpaired) electrons. The first-order valence-corrected chi connectivity index (χ1v) is 8.20. The number of nitrogens with one attached hydrogen (secondary N) is 1. The number of rotatable bonds is 7. The Labute approximate surface area is 128 Å². The molecule has 1 aromatic rings. The van der Waals surface area contributed by atoms with Gasteiger partial charge in [0.15, 0.2) is 0 Å². The zero-order chi connectivity index (χ0) is 15.1. The van der Waals surface area contributed by atoms with Gasteiger partial charge in [0.25, 0.3) is 0 Å². The summed E-state index contributed by atoms with van der Waals surface area (Å²) in [7, 11) is 0. The van der Waals surface area contributed by atoms with Gasteiger partial charge >= 0.3 is 0 Å². The highest BCUT2D eigenvalue weighted by Gasteiger charge is 2.24. The van der Waals surface area contributed by atoms with Crippen LogP contribution in [0.3, 0.4) is 0 Å². The Balaban J connectivity index is 1.85. The highest BCUT2D eigenvalue weighted by Crippen LogP contribution is 2.14. The summed E-state index contributed by atoms with van der Waals surface area (Å²) in [6, 6.07) is 3.08.